The highest BCUT2D eigenvalue weighted by Crippen LogP contribution is 2.34. The van der Waals surface area contributed by atoms with Crippen molar-refractivity contribution in [3.63, 3.8) is 0 Å². The van der Waals surface area contributed by atoms with Gasteiger partial charge in [-0.15, -0.1) is 11.8 Å². The van der Waals surface area contributed by atoms with E-state index in [-0.39, 0.29) is 24.0 Å². The molecule has 0 bridgehead atoms. The SMILES string of the molecule is CSC1=CC(CO)/C(O)=C(O)\C=C(\C2/C=C\C/C(O)=C(C)\C=C/C2)C1. The summed E-state index contributed by atoms with van der Waals surface area (Å²) in [6, 6.07) is 0. The predicted molar refractivity (Wildman–Crippen MR) is 103 cm³/mol. The molecule has 0 saturated heterocycles. The third-order valence-corrected chi connectivity index (χ3v) is 5.33. The number of hydrogen-bond acceptors (Lipinski definition) is 5. The number of allylic oxidation sites excluding steroid dienone is 8. The summed E-state index contributed by atoms with van der Waals surface area (Å²) < 4.78 is 0. The van der Waals surface area contributed by atoms with Gasteiger partial charge < -0.3 is 20.4 Å². The summed E-state index contributed by atoms with van der Waals surface area (Å²) in [6.07, 6.45) is 15.2. The Morgan fingerprint density at radius 1 is 1.20 bits per heavy atom. The van der Waals surface area contributed by atoms with Crippen molar-refractivity contribution in [2.45, 2.75) is 26.2 Å². The Morgan fingerprint density at radius 3 is 2.64 bits per heavy atom. The second-order valence-corrected chi connectivity index (χ2v) is 7.23. The number of aliphatic hydroxyl groups is 4. The molecule has 2 rings (SSSR count). The molecule has 0 spiro atoms. The van der Waals surface area contributed by atoms with Crippen LogP contribution in [0, 0.1) is 11.8 Å². The molecule has 2 unspecified atom stereocenters. The van der Waals surface area contributed by atoms with Gasteiger partial charge in [-0.05, 0) is 36.2 Å². The van der Waals surface area contributed by atoms with Crippen molar-refractivity contribution >= 4 is 11.8 Å². The zero-order chi connectivity index (χ0) is 18.4. The van der Waals surface area contributed by atoms with Crippen LogP contribution in [0.4, 0.5) is 0 Å². The Kier molecular flexibility index (Phi) is 7.02. The van der Waals surface area contributed by atoms with Crippen LogP contribution in [0.25, 0.3) is 0 Å². The van der Waals surface area contributed by atoms with Crippen LogP contribution in [0.5, 0.6) is 0 Å². The van der Waals surface area contributed by atoms with E-state index in [9.17, 15) is 20.4 Å². The monoisotopic (exact) mass is 362 g/mol. The zero-order valence-electron chi connectivity index (χ0n) is 14.6. The maximum Gasteiger partial charge on any atom is 0.153 e. The fourth-order valence-electron chi connectivity index (χ4n) is 2.92. The Bertz CT molecular complexity index is 680. The third kappa shape index (κ3) is 5.06. The molecule has 0 aromatic heterocycles. The van der Waals surface area contributed by atoms with Gasteiger partial charge >= 0.3 is 0 Å². The van der Waals surface area contributed by atoms with Crippen LogP contribution in [-0.4, -0.2) is 33.3 Å². The molecule has 136 valence electrons. The molecule has 5 heteroatoms. The first kappa shape index (κ1) is 19.5. The quantitative estimate of drug-likeness (QED) is 0.540. The van der Waals surface area contributed by atoms with Gasteiger partial charge in [-0.25, -0.2) is 0 Å². The molecule has 4 N–H and O–H groups in total. The van der Waals surface area contributed by atoms with Crippen LogP contribution in [-0.2, 0) is 0 Å². The van der Waals surface area contributed by atoms with Crippen molar-refractivity contribution in [1.82, 2.24) is 0 Å². The molecule has 0 saturated carbocycles. The fraction of sp³-hybridized carbons (Fsp3) is 0.400. The van der Waals surface area contributed by atoms with Crippen molar-refractivity contribution < 1.29 is 20.4 Å². The lowest BCUT2D eigenvalue weighted by Gasteiger charge is -2.21. The first-order chi connectivity index (χ1) is 12.0. The van der Waals surface area contributed by atoms with E-state index in [0.29, 0.717) is 18.6 Å². The number of aliphatic hydroxyl groups excluding tert-OH is 4. The fourth-order valence-corrected chi connectivity index (χ4v) is 3.53. The summed E-state index contributed by atoms with van der Waals surface area (Å²) in [5.41, 5.74) is 1.84. The van der Waals surface area contributed by atoms with E-state index in [2.05, 4.69) is 0 Å². The van der Waals surface area contributed by atoms with E-state index in [4.69, 9.17) is 0 Å². The van der Waals surface area contributed by atoms with E-state index < -0.39 is 5.92 Å². The molecule has 0 radical (unpaired) electrons. The van der Waals surface area contributed by atoms with Gasteiger partial charge in [0.2, 0.25) is 0 Å². The first-order valence-corrected chi connectivity index (χ1v) is 9.58. The van der Waals surface area contributed by atoms with E-state index in [1.165, 1.54) is 0 Å². The normalized spacial score (nSPS) is 36.0. The summed E-state index contributed by atoms with van der Waals surface area (Å²) in [6.45, 7) is 1.63. The minimum Gasteiger partial charge on any atom is -0.512 e. The maximum absolute atomic E-state index is 10.2. The van der Waals surface area contributed by atoms with Crippen LogP contribution in [0.3, 0.4) is 0 Å². The van der Waals surface area contributed by atoms with Crippen LogP contribution >= 0.6 is 11.8 Å². The minimum absolute atomic E-state index is 0.0612. The van der Waals surface area contributed by atoms with Gasteiger partial charge in [-0.1, -0.05) is 36.0 Å². The lowest BCUT2D eigenvalue weighted by molar-refractivity contribution is 0.215. The lowest BCUT2D eigenvalue weighted by Crippen LogP contribution is -2.12. The Hall–Kier alpha value is -1.85. The van der Waals surface area contributed by atoms with E-state index in [1.54, 1.807) is 17.8 Å². The molecular weight excluding hydrogens is 336 g/mol. The van der Waals surface area contributed by atoms with E-state index >= 15 is 0 Å². The van der Waals surface area contributed by atoms with Gasteiger partial charge in [0.15, 0.2) is 5.76 Å². The zero-order valence-corrected chi connectivity index (χ0v) is 15.5. The van der Waals surface area contributed by atoms with Crippen molar-refractivity contribution in [1.29, 1.82) is 0 Å². The highest BCUT2D eigenvalue weighted by Gasteiger charge is 2.21. The second-order valence-electron chi connectivity index (χ2n) is 6.30. The lowest BCUT2D eigenvalue weighted by atomic mass is 9.89. The van der Waals surface area contributed by atoms with Gasteiger partial charge in [0, 0.05) is 18.8 Å². The van der Waals surface area contributed by atoms with Crippen LogP contribution in [0.2, 0.25) is 0 Å². The van der Waals surface area contributed by atoms with Crippen molar-refractivity contribution in [3.05, 3.63) is 69.8 Å². The van der Waals surface area contributed by atoms with Crippen LogP contribution in [0.15, 0.2) is 69.8 Å². The first-order valence-electron chi connectivity index (χ1n) is 8.36. The molecule has 0 heterocycles. The summed E-state index contributed by atoms with van der Waals surface area (Å²) >= 11 is 1.58. The topological polar surface area (TPSA) is 80.9 Å². The minimum atomic E-state index is -0.583. The molecule has 0 aliphatic heterocycles. The predicted octanol–water partition coefficient (Wildman–Crippen LogP) is 4.85. The van der Waals surface area contributed by atoms with E-state index in [1.807, 2.05) is 43.6 Å². The second kappa shape index (κ2) is 9.02. The van der Waals surface area contributed by atoms with Gasteiger partial charge in [0.1, 0.15) is 5.76 Å². The average Bonchev–Trinajstić information content (AvgIpc) is 2.67. The summed E-state index contributed by atoms with van der Waals surface area (Å²) in [5.74, 6) is -0.564. The summed E-state index contributed by atoms with van der Waals surface area (Å²) in [5, 5.41) is 39.8. The van der Waals surface area contributed by atoms with Crippen LogP contribution < -0.4 is 0 Å². The number of hydrogen-bond donors (Lipinski definition) is 4. The highest BCUT2D eigenvalue weighted by atomic mass is 32.2. The highest BCUT2D eigenvalue weighted by molar-refractivity contribution is 8.02. The van der Waals surface area contributed by atoms with Crippen molar-refractivity contribution in [2.24, 2.45) is 11.8 Å². The van der Waals surface area contributed by atoms with E-state index in [0.717, 1.165) is 22.5 Å². The number of thioether (sulfide) groups is 1. The van der Waals surface area contributed by atoms with Crippen LogP contribution in [0.1, 0.15) is 26.2 Å². The standard InChI is InChI=1S/C20H26O4S/c1-13-5-3-6-14(7-4-8-18(13)22)15-9-17(25-2)10-16(12-21)20(24)19(23)11-15/h3-5,7,10-11,14,16,21-24H,6,8-9,12H2,1-2H3/b5-3-,7-4-,15-11+,17-10?,18-13+,20-19-. The molecule has 2 atom stereocenters. The number of rotatable bonds is 3. The molecular formula is C20H26O4S. The smallest absolute Gasteiger partial charge is 0.153 e. The molecule has 2 aliphatic rings. The molecule has 0 amide bonds. The average molecular weight is 362 g/mol. The van der Waals surface area contributed by atoms with Crippen molar-refractivity contribution in [3.8, 4) is 0 Å². The van der Waals surface area contributed by atoms with Gasteiger partial charge in [0.05, 0.1) is 18.3 Å². The van der Waals surface area contributed by atoms with Gasteiger partial charge in [0.25, 0.3) is 0 Å². The molecule has 25 heavy (non-hydrogen) atoms. The van der Waals surface area contributed by atoms with Crippen molar-refractivity contribution in [2.75, 3.05) is 12.9 Å². The third-order valence-electron chi connectivity index (χ3n) is 4.53. The largest absolute Gasteiger partial charge is 0.512 e. The summed E-state index contributed by atoms with van der Waals surface area (Å²) in [4.78, 5) is 1.04. The maximum atomic E-state index is 10.2. The molecule has 0 fully saturated rings. The summed E-state index contributed by atoms with van der Waals surface area (Å²) in [7, 11) is 0. The Morgan fingerprint density at radius 2 is 1.96 bits per heavy atom. The van der Waals surface area contributed by atoms with Gasteiger partial charge in [-0.3, -0.25) is 0 Å². The molecule has 4 nitrogen and oxygen atoms in total. The molecule has 2 aliphatic carbocycles. The Labute approximate surface area is 153 Å². The molecule has 0 aromatic carbocycles. The van der Waals surface area contributed by atoms with Gasteiger partial charge in [-0.2, -0.15) is 0 Å². The Balaban J connectivity index is 2.38. The molecule has 0 aromatic rings.